The Morgan fingerprint density at radius 2 is 1.73 bits per heavy atom. The Labute approximate surface area is 173 Å². The van der Waals surface area contributed by atoms with Crippen molar-refractivity contribution >= 4 is 22.5 Å². The molecule has 2 aromatic carbocycles. The molecule has 7 nitrogen and oxygen atoms in total. The van der Waals surface area contributed by atoms with Crippen LogP contribution in [-0.4, -0.2) is 38.7 Å². The number of nitrogen functional groups attached to an aromatic ring is 1. The van der Waals surface area contributed by atoms with Gasteiger partial charge < -0.3 is 15.4 Å². The average molecular weight is 399 g/mol. The third-order valence-electron chi connectivity index (χ3n) is 5.41. The maximum atomic E-state index is 11.6. The minimum atomic E-state index is 0.0783. The number of hydrogen-bond donors (Lipinski definition) is 1. The highest BCUT2D eigenvalue weighted by atomic mass is 16.5. The number of ether oxygens (including phenoxy) is 1. The van der Waals surface area contributed by atoms with Gasteiger partial charge in [0.05, 0.1) is 35.0 Å². The van der Waals surface area contributed by atoms with Gasteiger partial charge in [0.15, 0.2) is 0 Å². The SMILES string of the molecule is CC(=O)N1CC(n2nc(-c3ccc(Oc4ccccc4)cc3)c3c(N)cncc32)C1. The standard InChI is InChI=1S/C23H21N5O2/c1-15(29)27-13-17(14-27)28-21-12-25-11-20(24)22(21)23(26-28)16-7-9-19(10-8-16)30-18-5-3-2-4-6-18/h2-12,17H,13-14,24H2,1H3. The second-order valence-electron chi connectivity index (χ2n) is 7.43. The van der Waals surface area contributed by atoms with Gasteiger partial charge in [0.25, 0.3) is 0 Å². The Morgan fingerprint density at radius 3 is 2.43 bits per heavy atom. The maximum absolute atomic E-state index is 11.6. The lowest BCUT2D eigenvalue weighted by molar-refractivity contribution is -0.134. The van der Waals surface area contributed by atoms with Gasteiger partial charge in [-0.15, -0.1) is 0 Å². The van der Waals surface area contributed by atoms with Gasteiger partial charge in [-0.25, -0.2) is 0 Å². The predicted molar refractivity (Wildman–Crippen MR) is 115 cm³/mol. The highest BCUT2D eigenvalue weighted by Gasteiger charge is 2.32. The summed E-state index contributed by atoms with van der Waals surface area (Å²) in [5.41, 5.74) is 9.48. The van der Waals surface area contributed by atoms with Crippen molar-refractivity contribution in [2.24, 2.45) is 0 Å². The van der Waals surface area contributed by atoms with Crippen molar-refractivity contribution in [3.63, 3.8) is 0 Å². The van der Waals surface area contributed by atoms with Crippen LogP contribution in [0.25, 0.3) is 22.2 Å². The molecular formula is C23H21N5O2. The summed E-state index contributed by atoms with van der Waals surface area (Å²) in [6.07, 6.45) is 3.43. The zero-order chi connectivity index (χ0) is 20.7. The molecule has 1 fully saturated rings. The van der Waals surface area contributed by atoms with Crippen molar-refractivity contribution in [3.8, 4) is 22.8 Å². The summed E-state index contributed by atoms with van der Waals surface area (Å²) in [5, 5.41) is 5.75. The minimum Gasteiger partial charge on any atom is -0.457 e. The van der Waals surface area contributed by atoms with E-state index in [0.717, 1.165) is 33.7 Å². The molecule has 2 aromatic heterocycles. The molecule has 0 saturated carbocycles. The molecular weight excluding hydrogens is 378 g/mol. The molecule has 0 atom stereocenters. The first-order valence-corrected chi connectivity index (χ1v) is 9.80. The van der Waals surface area contributed by atoms with Gasteiger partial charge in [-0.3, -0.25) is 14.5 Å². The van der Waals surface area contributed by atoms with Crippen molar-refractivity contribution in [3.05, 3.63) is 67.0 Å². The molecule has 30 heavy (non-hydrogen) atoms. The normalized spacial score (nSPS) is 14.0. The van der Waals surface area contributed by atoms with E-state index in [4.69, 9.17) is 15.6 Å². The number of amides is 1. The van der Waals surface area contributed by atoms with E-state index in [2.05, 4.69) is 4.98 Å². The highest BCUT2D eigenvalue weighted by molar-refractivity contribution is 6.01. The van der Waals surface area contributed by atoms with E-state index in [9.17, 15) is 4.79 Å². The molecule has 1 aliphatic heterocycles. The average Bonchev–Trinajstić information content (AvgIpc) is 3.09. The first kappa shape index (κ1) is 18.2. The molecule has 1 amide bonds. The summed E-state index contributed by atoms with van der Waals surface area (Å²) < 4.78 is 7.83. The first-order valence-electron chi connectivity index (χ1n) is 9.80. The van der Waals surface area contributed by atoms with E-state index in [1.807, 2.05) is 59.3 Å². The summed E-state index contributed by atoms with van der Waals surface area (Å²) in [4.78, 5) is 17.6. The predicted octanol–water partition coefficient (Wildman–Crippen LogP) is 3.88. The largest absolute Gasteiger partial charge is 0.457 e. The number of para-hydroxylation sites is 1. The number of likely N-dealkylation sites (tertiary alicyclic amines) is 1. The van der Waals surface area contributed by atoms with Gasteiger partial charge in [-0.1, -0.05) is 18.2 Å². The van der Waals surface area contributed by atoms with Crippen LogP contribution in [-0.2, 0) is 4.79 Å². The fraction of sp³-hybridized carbons (Fsp3) is 0.174. The molecule has 0 bridgehead atoms. The lowest BCUT2D eigenvalue weighted by Crippen LogP contribution is -2.50. The molecule has 5 rings (SSSR count). The number of rotatable bonds is 4. The van der Waals surface area contributed by atoms with Gasteiger partial charge in [0, 0.05) is 25.6 Å². The summed E-state index contributed by atoms with van der Waals surface area (Å²) >= 11 is 0. The van der Waals surface area contributed by atoms with Gasteiger partial charge in [0.1, 0.15) is 17.2 Å². The minimum absolute atomic E-state index is 0.0783. The zero-order valence-corrected chi connectivity index (χ0v) is 16.5. The molecule has 3 heterocycles. The number of fused-ring (bicyclic) bond motifs is 1. The summed E-state index contributed by atoms with van der Waals surface area (Å²) in [6.45, 7) is 2.87. The molecule has 4 aromatic rings. The Kier molecular flexibility index (Phi) is 4.35. The molecule has 0 aliphatic carbocycles. The van der Waals surface area contributed by atoms with Crippen LogP contribution in [0.2, 0.25) is 0 Å². The van der Waals surface area contributed by atoms with E-state index >= 15 is 0 Å². The third-order valence-corrected chi connectivity index (χ3v) is 5.41. The smallest absolute Gasteiger partial charge is 0.219 e. The van der Waals surface area contributed by atoms with E-state index in [-0.39, 0.29) is 11.9 Å². The number of nitrogens with two attached hydrogens (primary N) is 1. The fourth-order valence-electron chi connectivity index (χ4n) is 3.76. The molecule has 0 spiro atoms. The van der Waals surface area contributed by atoms with Gasteiger partial charge in [0.2, 0.25) is 5.91 Å². The van der Waals surface area contributed by atoms with Gasteiger partial charge in [-0.2, -0.15) is 5.10 Å². The quantitative estimate of drug-likeness (QED) is 0.563. The second-order valence-corrected chi connectivity index (χ2v) is 7.43. The van der Waals surface area contributed by atoms with E-state index in [1.165, 1.54) is 0 Å². The Hall–Kier alpha value is -3.87. The van der Waals surface area contributed by atoms with Crippen LogP contribution in [0.5, 0.6) is 11.5 Å². The Bertz CT molecular complexity index is 1210. The fourth-order valence-corrected chi connectivity index (χ4v) is 3.76. The number of carbonyl (C=O) groups excluding carboxylic acids is 1. The number of hydrogen-bond acceptors (Lipinski definition) is 5. The molecule has 0 unspecified atom stereocenters. The number of aromatic nitrogens is 3. The van der Waals surface area contributed by atoms with Crippen LogP contribution >= 0.6 is 0 Å². The maximum Gasteiger partial charge on any atom is 0.219 e. The highest BCUT2D eigenvalue weighted by Crippen LogP contribution is 2.36. The van der Waals surface area contributed by atoms with E-state index < -0.39 is 0 Å². The summed E-state index contributed by atoms with van der Waals surface area (Å²) in [7, 11) is 0. The van der Waals surface area contributed by atoms with E-state index in [1.54, 1.807) is 24.2 Å². The van der Waals surface area contributed by atoms with Crippen molar-refractivity contribution in [1.29, 1.82) is 0 Å². The topological polar surface area (TPSA) is 86.3 Å². The molecule has 7 heteroatoms. The van der Waals surface area contributed by atoms with Crippen molar-refractivity contribution in [2.45, 2.75) is 13.0 Å². The molecule has 150 valence electrons. The van der Waals surface area contributed by atoms with Crippen LogP contribution in [0.4, 0.5) is 5.69 Å². The number of pyridine rings is 1. The third kappa shape index (κ3) is 3.14. The van der Waals surface area contributed by atoms with Crippen LogP contribution < -0.4 is 10.5 Å². The van der Waals surface area contributed by atoms with Crippen molar-refractivity contribution < 1.29 is 9.53 Å². The van der Waals surface area contributed by atoms with Gasteiger partial charge in [-0.05, 0) is 36.4 Å². The lowest BCUT2D eigenvalue weighted by Gasteiger charge is -2.38. The number of benzene rings is 2. The lowest BCUT2D eigenvalue weighted by atomic mass is 10.1. The summed E-state index contributed by atoms with van der Waals surface area (Å²) in [6, 6.07) is 17.6. The van der Waals surface area contributed by atoms with Gasteiger partial charge >= 0.3 is 0 Å². The number of anilines is 1. The van der Waals surface area contributed by atoms with Crippen LogP contribution in [0.3, 0.4) is 0 Å². The van der Waals surface area contributed by atoms with E-state index in [0.29, 0.717) is 18.8 Å². The number of carbonyl (C=O) groups is 1. The van der Waals surface area contributed by atoms with Crippen LogP contribution in [0.1, 0.15) is 13.0 Å². The Morgan fingerprint density at radius 1 is 1.03 bits per heavy atom. The molecule has 2 N–H and O–H groups in total. The monoisotopic (exact) mass is 399 g/mol. The number of nitrogens with zero attached hydrogens (tertiary/aromatic N) is 4. The molecule has 1 aliphatic rings. The van der Waals surface area contributed by atoms with Crippen LogP contribution in [0.15, 0.2) is 67.0 Å². The molecule has 1 saturated heterocycles. The first-order chi connectivity index (χ1) is 14.6. The molecule has 0 radical (unpaired) electrons. The van der Waals surface area contributed by atoms with Crippen LogP contribution in [0, 0.1) is 0 Å². The van der Waals surface area contributed by atoms with Crippen molar-refractivity contribution in [1.82, 2.24) is 19.7 Å². The van der Waals surface area contributed by atoms with Crippen molar-refractivity contribution in [2.75, 3.05) is 18.8 Å². The zero-order valence-electron chi connectivity index (χ0n) is 16.5. The Balaban J connectivity index is 1.49. The second kappa shape index (κ2) is 7.18. The summed E-state index contributed by atoms with van der Waals surface area (Å²) in [5.74, 6) is 1.62.